The number of hydrogen-bond donors (Lipinski definition) is 2. The Labute approximate surface area is 147 Å². The molecule has 0 unspecified atom stereocenters. The minimum Gasteiger partial charge on any atom is -0.497 e. The van der Waals surface area contributed by atoms with Crippen molar-refractivity contribution < 1.29 is 14.2 Å². The van der Waals surface area contributed by atoms with Crippen molar-refractivity contribution in [2.24, 2.45) is 0 Å². The molecule has 0 saturated carbocycles. The van der Waals surface area contributed by atoms with Gasteiger partial charge in [-0.2, -0.15) is 0 Å². The van der Waals surface area contributed by atoms with Gasteiger partial charge in [0.25, 0.3) is 0 Å². The van der Waals surface area contributed by atoms with E-state index in [9.17, 15) is 0 Å². The SMILES string of the molecule is COc1ccc(OC)c(NC(=S)NCCc2ccccc2OC)c1. The molecule has 0 fully saturated rings. The fourth-order valence-electron chi connectivity index (χ4n) is 2.30. The van der Waals surface area contributed by atoms with E-state index in [4.69, 9.17) is 26.4 Å². The van der Waals surface area contributed by atoms with Gasteiger partial charge in [0.05, 0.1) is 27.0 Å². The predicted octanol–water partition coefficient (Wildman–Crippen LogP) is 3.24. The highest BCUT2D eigenvalue weighted by atomic mass is 32.1. The number of nitrogens with one attached hydrogen (secondary N) is 2. The topological polar surface area (TPSA) is 51.8 Å². The van der Waals surface area contributed by atoms with E-state index in [0.29, 0.717) is 17.4 Å². The second-order valence-corrected chi connectivity index (χ2v) is 5.42. The van der Waals surface area contributed by atoms with Crippen LogP contribution >= 0.6 is 12.2 Å². The molecule has 2 aromatic carbocycles. The van der Waals surface area contributed by atoms with Gasteiger partial charge in [0.15, 0.2) is 5.11 Å². The van der Waals surface area contributed by atoms with E-state index in [-0.39, 0.29) is 0 Å². The summed E-state index contributed by atoms with van der Waals surface area (Å²) in [6.07, 6.45) is 0.807. The van der Waals surface area contributed by atoms with Gasteiger partial charge in [-0.3, -0.25) is 0 Å². The highest BCUT2D eigenvalue weighted by Crippen LogP contribution is 2.28. The molecule has 6 heteroatoms. The van der Waals surface area contributed by atoms with E-state index in [1.54, 1.807) is 21.3 Å². The highest BCUT2D eigenvalue weighted by Gasteiger charge is 2.07. The smallest absolute Gasteiger partial charge is 0.170 e. The molecule has 0 atom stereocenters. The monoisotopic (exact) mass is 346 g/mol. The van der Waals surface area contributed by atoms with Crippen molar-refractivity contribution >= 4 is 23.0 Å². The quantitative estimate of drug-likeness (QED) is 0.751. The van der Waals surface area contributed by atoms with Gasteiger partial charge in [-0.15, -0.1) is 0 Å². The van der Waals surface area contributed by atoms with E-state index in [2.05, 4.69) is 10.6 Å². The molecule has 0 aliphatic carbocycles. The van der Waals surface area contributed by atoms with Gasteiger partial charge in [-0.25, -0.2) is 0 Å². The normalized spacial score (nSPS) is 9.96. The predicted molar refractivity (Wildman–Crippen MR) is 100 cm³/mol. The van der Waals surface area contributed by atoms with Gasteiger partial charge in [0.2, 0.25) is 0 Å². The summed E-state index contributed by atoms with van der Waals surface area (Å²) < 4.78 is 15.9. The summed E-state index contributed by atoms with van der Waals surface area (Å²) in [4.78, 5) is 0. The van der Waals surface area contributed by atoms with Crippen LogP contribution in [0.25, 0.3) is 0 Å². The number of methoxy groups -OCH3 is 3. The summed E-state index contributed by atoms with van der Waals surface area (Å²) in [5.41, 5.74) is 1.89. The molecule has 0 spiro atoms. The van der Waals surface area contributed by atoms with Gasteiger partial charge in [-0.1, -0.05) is 18.2 Å². The van der Waals surface area contributed by atoms with Crippen LogP contribution in [0.15, 0.2) is 42.5 Å². The molecule has 128 valence electrons. The molecule has 0 aromatic heterocycles. The third-order valence-electron chi connectivity index (χ3n) is 3.53. The van der Waals surface area contributed by atoms with E-state index < -0.39 is 0 Å². The van der Waals surface area contributed by atoms with Crippen LogP contribution in [0.3, 0.4) is 0 Å². The number of benzene rings is 2. The van der Waals surface area contributed by atoms with E-state index >= 15 is 0 Å². The summed E-state index contributed by atoms with van der Waals surface area (Å²) in [6.45, 7) is 0.693. The maximum absolute atomic E-state index is 5.35. The van der Waals surface area contributed by atoms with Crippen LogP contribution in [0.4, 0.5) is 5.69 Å². The molecule has 5 nitrogen and oxygen atoms in total. The van der Waals surface area contributed by atoms with Crippen molar-refractivity contribution in [3.8, 4) is 17.2 Å². The van der Waals surface area contributed by atoms with Crippen molar-refractivity contribution in [3.63, 3.8) is 0 Å². The minimum atomic E-state index is 0.524. The summed E-state index contributed by atoms with van der Waals surface area (Å²) in [5.74, 6) is 2.31. The average molecular weight is 346 g/mol. The zero-order valence-corrected chi connectivity index (χ0v) is 14.9. The third kappa shape index (κ3) is 4.76. The van der Waals surface area contributed by atoms with Gasteiger partial charge in [0, 0.05) is 12.6 Å². The zero-order chi connectivity index (χ0) is 17.4. The Morgan fingerprint density at radius 3 is 2.42 bits per heavy atom. The number of ether oxygens (including phenoxy) is 3. The lowest BCUT2D eigenvalue weighted by Crippen LogP contribution is -2.30. The number of thiocarbonyl (C=S) groups is 1. The summed E-state index contributed by atoms with van der Waals surface area (Å²) >= 11 is 5.35. The first-order chi connectivity index (χ1) is 11.7. The van der Waals surface area contributed by atoms with Gasteiger partial charge < -0.3 is 24.8 Å². The largest absolute Gasteiger partial charge is 0.497 e. The van der Waals surface area contributed by atoms with Crippen molar-refractivity contribution in [1.29, 1.82) is 0 Å². The van der Waals surface area contributed by atoms with Crippen LogP contribution in [0.5, 0.6) is 17.2 Å². The Kier molecular flexibility index (Phi) is 6.69. The van der Waals surface area contributed by atoms with Crippen LogP contribution in [0, 0.1) is 0 Å². The maximum Gasteiger partial charge on any atom is 0.170 e. The highest BCUT2D eigenvalue weighted by molar-refractivity contribution is 7.80. The molecule has 0 heterocycles. The lowest BCUT2D eigenvalue weighted by atomic mass is 10.1. The van der Waals surface area contributed by atoms with Crippen molar-refractivity contribution in [1.82, 2.24) is 5.32 Å². The Morgan fingerprint density at radius 1 is 0.958 bits per heavy atom. The second-order valence-electron chi connectivity index (χ2n) is 5.01. The first-order valence-corrected chi connectivity index (χ1v) is 7.97. The molecule has 2 aromatic rings. The number of anilines is 1. The molecule has 2 rings (SSSR count). The first kappa shape index (κ1) is 17.9. The van der Waals surface area contributed by atoms with Gasteiger partial charge >= 0.3 is 0 Å². The summed E-state index contributed by atoms with van der Waals surface area (Å²) in [5, 5.41) is 6.85. The molecule has 0 radical (unpaired) electrons. The van der Waals surface area contributed by atoms with Gasteiger partial charge in [0.1, 0.15) is 17.2 Å². The summed E-state index contributed by atoms with van der Waals surface area (Å²) in [6, 6.07) is 13.5. The fraction of sp³-hybridized carbons (Fsp3) is 0.278. The molecule has 0 amide bonds. The van der Waals surface area contributed by atoms with Crippen LogP contribution in [-0.4, -0.2) is 33.0 Å². The first-order valence-electron chi connectivity index (χ1n) is 7.56. The summed E-state index contributed by atoms with van der Waals surface area (Å²) in [7, 11) is 4.91. The van der Waals surface area contributed by atoms with Crippen molar-refractivity contribution in [3.05, 3.63) is 48.0 Å². The molecule has 24 heavy (non-hydrogen) atoms. The molecule has 0 aliphatic heterocycles. The lowest BCUT2D eigenvalue weighted by Gasteiger charge is -2.15. The lowest BCUT2D eigenvalue weighted by molar-refractivity contribution is 0.405. The maximum atomic E-state index is 5.35. The Morgan fingerprint density at radius 2 is 1.71 bits per heavy atom. The number of rotatable bonds is 7. The molecule has 2 N–H and O–H groups in total. The third-order valence-corrected chi connectivity index (χ3v) is 3.77. The molecule has 0 saturated heterocycles. The molecule has 0 aliphatic rings. The standard InChI is InChI=1S/C18H22N2O3S/c1-21-14-8-9-17(23-3)15(12-14)20-18(24)19-11-10-13-6-4-5-7-16(13)22-2/h4-9,12H,10-11H2,1-3H3,(H2,19,20,24). The minimum absolute atomic E-state index is 0.524. The molecular weight excluding hydrogens is 324 g/mol. The van der Waals surface area contributed by atoms with E-state index in [0.717, 1.165) is 29.2 Å². The van der Waals surface area contributed by atoms with E-state index in [1.807, 2.05) is 42.5 Å². The van der Waals surface area contributed by atoms with Crippen molar-refractivity contribution in [2.45, 2.75) is 6.42 Å². The van der Waals surface area contributed by atoms with Crippen LogP contribution < -0.4 is 24.8 Å². The van der Waals surface area contributed by atoms with Gasteiger partial charge in [-0.05, 0) is 42.4 Å². The Bertz CT molecular complexity index is 692. The fourth-order valence-corrected chi connectivity index (χ4v) is 2.51. The van der Waals surface area contributed by atoms with E-state index in [1.165, 1.54) is 0 Å². The second kappa shape index (κ2) is 8.98. The Hall–Kier alpha value is -2.47. The molecule has 0 bridgehead atoms. The molecular formula is C18H22N2O3S. The van der Waals surface area contributed by atoms with Crippen molar-refractivity contribution in [2.75, 3.05) is 33.2 Å². The Balaban J connectivity index is 1.92. The zero-order valence-electron chi connectivity index (χ0n) is 14.1. The van der Waals surface area contributed by atoms with Crippen LogP contribution in [0.2, 0.25) is 0 Å². The van der Waals surface area contributed by atoms with Crippen LogP contribution in [0.1, 0.15) is 5.56 Å². The average Bonchev–Trinajstić information content (AvgIpc) is 2.62. The van der Waals surface area contributed by atoms with Crippen LogP contribution in [-0.2, 0) is 6.42 Å². The number of hydrogen-bond acceptors (Lipinski definition) is 4. The number of para-hydroxylation sites is 1.